The Morgan fingerprint density at radius 1 is 1.38 bits per heavy atom. The van der Waals surface area contributed by atoms with Crippen molar-refractivity contribution in [3.63, 3.8) is 0 Å². The molecule has 0 atom stereocenters. The molecule has 0 unspecified atom stereocenters. The van der Waals surface area contributed by atoms with Gasteiger partial charge in [-0.3, -0.25) is 4.90 Å². The van der Waals surface area contributed by atoms with Gasteiger partial charge in [-0.15, -0.1) is 0 Å². The third kappa shape index (κ3) is 3.09. The number of nitrogens with two attached hydrogens (primary N) is 1. The molecule has 3 nitrogen and oxygen atoms in total. The monoisotopic (exact) mass is 222 g/mol. The number of nitrogens with zero attached hydrogens (tertiary/aromatic N) is 1. The van der Waals surface area contributed by atoms with E-state index in [1.807, 2.05) is 12.1 Å². The van der Waals surface area contributed by atoms with E-state index in [2.05, 4.69) is 11.9 Å². The van der Waals surface area contributed by atoms with E-state index in [4.69, 9.17) is 10.2 Å². The van der Waals surface area contributed by atoms with Crippen molar-refractivity contribution >= 4 is 0 Å². The molecule has 90 valence electrons. The van der Waals surface area contributed by atoms with E-state index in [1.54, 1.807) is 6.26 Å². The van der Waals surface area contributed by atoms with E-state index >= 15 is 0 Å². The lowest BCUT2D eigenvalue weighted by atomic mass is 9.82. The summed E-state index contributed by atoms with van der Waals surface area (Å²) in [4.78, 5) is 2.27. The zero-order valence-electron chi connectivity index (χ0n) is 10.1. The van der Waals surface area contributed by atoms with Gasteiger partial charge in [0.2, 0.25) is 0 Å². The first-order valence-electron chi connectivity index (χ1n) is 6.18. The standard InChI is InChI=1S/C13H22N2O/c1-15(10-12-6-5-9-16-12)11-13(14)7-3-2-4-8-13/h5-6,9H,2-4,7-8,10-11,14H2,1H3. The Hall–Kier alpha value is -0.800. The van der Waals surface area contributed by atoms with Crippen LogP contribution in [0.4, 0.5) is 0 Å². The largest absolute Gasteiger partial charge is 0.468 e. The molecule has 1 aromatic rings. The normalized spacial score (nSPS) is 20.2. The van der Waals surface area contributed by atoms with E-state index in [0.717, 1.165) is 31.7 Å². The second-order valence-electron chi connectivity index (χ2n) is 5.17. The molecule has 0 spiro atoms. The lowest BCUT2D eigenvalue weighted by Crippen LogP contribution is -2.50. The van der Waals surface area contributed by atoms with Crippen molar-refractivity contribution in [1.82, 2.24) is 4.90 Å². The first-order valence-corrected chi connectivity index (χ1v) is 6.18. The lowest BCUT2D eigenvalue weighted by molar-refractivity contribution is 0.185. The Balaban J connectivity index is 1.84. The summed E-state index contributed by atoms with van der Waals surface area (Å²) >= 11 is 0. The van der Waals surface area contributed by atoms with Gasteiger partial charge in [-0.25, -0.2) is 0 Å². The molecule has 0 amide bonds. The van der Waals surface area contributed by atoms with E-state index in [9.17, 15) is 0 Å². The van der Waals surface area contributed by atoms with Crippen molar-refractivity contribution in [2.24, 2.45) is 5.73 Å². The van der Waals surface area contributed by atoms with Crippen LogP contribution in [0.1, 0.15) is 37.9 Å². The zero-order chi connectivity index (χ0) is 11.4. The summed E-state index contributed by atoms with van der Waals surface area (Å²) in [6.07, 6.45) is 7.96. The van der Waals surface area contributed by atoms with Crippen molar-refractivity contribution in [2.75, 3.05) is 13.6 Å². The van der Waals surface area contributed by atoms with Crippen LogP contribution in [-0.2, 0) is 6.54 Å². The summed E-state index contributed by atoms with van der Waals surface area (Å²) in [6.45, 7) is 1.82. The highest BCUT2D eigenvalue weighted by Crippen LogP contribution is 2.26. The van der Waals surface area contributed by atoms with Gasteiger partial charge in [-0.05, 0) is 32.0 Å². The van der Waals surface area contributed by atoms with Gasteiger partial charge in [0.25, 0.3) is 0 Å². The van der Waals surface area contributed by atoms with Gasteiger partial charge >= 0.3 is 0 Å². The first-order chi connectivity index (χ1) is 7.68. The van der Waals surface area contributed by atoms with Gasteiger partial charge in [-0.2, -0.15) is 0 Å². The second-order valence-corrected chi connectivity index (χ2v) is 5.17. The maximum Gasteiger partial charge on any atom is 0.117 e. The fourth-order valence-electron chi connectivity index (χ4n) is 2.68. The molecule has 0 aromatic carbocycles. The molecular weight excluding hydrogens is 200 g/mol. The third-order valence-corrected chi connectivity index (χ3v) is 3.44. The molecule has 1 aliphatic rings. The smallest absolute Gasteiger partial charge is 0.117 e. The van der Waals surface area contributed by atoms with Crippen LogP contribution in [0.3, 0.4) is 0 Å². The van der Waals surface area contributed by atoms with Gasteiger partial charge in [0.05, 0.1) is 12.8 Å². The summed E-state index contributed by atoms with van der Waals surface area (Å²) in [6, 6.07) is 3.95. The SMILES string of the molecule is CN(Cc1ccco1)CC1(N)CCCCC1. The van der Waals surface area contributed by atoms with Crippen molar-refractivity contribution < 1.29 is 4.42 Å². The molecule has 1 aliphatic carbocycles. The third-order valence-electron chi connectivity index (χ3n) is 3.44. The van der Waals surface area contributed by atoms with Crippen LogP contribution < -0.4 is 5.73 Å². The van der Waals surface area contributed by atoms with E-state index in [1.165, 1.54) is 19.3 Å². The van der Waals surface area contributed by atoms with Gasteiger partial charge in [0, 0.05) is 12.1 Å². The van der Waals surface area contributed by atoms with E-state index in [0.29, 0.717) is 0 Å². The molecule has 3 heteroatoms. The van der Waals surface area contributed by atoms with E-state index < -0.39 is 0 Å². The topological polar surface area (TPSA) is 42.4 Å². The molecule has 1 fully saturated rings. The first kappa shape index (κ1) is 11.7. The second kappa shape index (κ2) is 5.02. The van der Waals surface area contributed by atoms with Crippen molar-refractivity contribution in [3.05, 3.63) is 24.2 Å². The fourth-order valence-corrected chi connectivity index (χ4v) is 2.68. The summed E-state index contributed by atoms with van der Waals surface area (Å²) in [5.74, 6) is 1.02. The fraction of sp³-hybridized carbons (Fsp3) is 0.692. The average molecular weight is 222 g/mol. The Bertz CT molecular complexity index is 302. The minimum Gasteiger partial charge on any atom is -0.468 e. The van der Waals surface area contributed by atoms with Crippen molar-refractivity contribution in [3.8, 4) is 0 Å². The van der Waals surface area contributed by atoms with Gasteiger partial charge in [0.1, 0.15) is 5.76 Å². The number of hydrogen-bond donors (Lipinski definition) is 1. The van der Waals surface area contributed by atoms with Crippen LogP contribution >= 0.6 is 0 Å². The van der Waals surface area contributed by atoms with Crippen LogP contribution in [0.5, 0.6) is 0 Å². The van der Waals surface area contributed by atoms with Gasteiger partial charge < -0.3 is 10.2 Å². The quantitative estimate of drug-likeness (QED) is 0.850. The van der Waals surface area contributed by atoms with E-state index in [-0.39, 0.29) is 5.54 Å². The molecule has 0 bridgehead atoms. The number of furan rings is 1. The maximum atomic E-state index is 6.42. The Morgan fingerprint density at radius 2 is 2.12 bits per heavy atom. The molecule has 1 heterocycles. The molecule has 0 saturated heterocycles. The van der Waals surface area contributed by atoms with Gasteiger partial charge in [0.15, 0.2) is 0 Å². The minimum atomic E-state index is 0.0274. The lowest BCUT2D eigenvalue weighted by Gasteiger charge is -2.36. The molecule has 1 saturated carbocycles. The van der Waals surface area contributed by atoms with Crippen LogP contribution in [0.15, 0.2) is 22.8 Å². The van der Waals surface area contributed by atoms with Crippen molar-refractivity contribution in [2.45, 2.75) is 44.2 Å². The molecule has 2 rings (SSSR count). The molecule has 0 radical (unpaired) electrons. The summed E-state index contributed by atoms with van der Waals surface area (Å²) < 4.78 is 5.34. The predicted octanol–water partition coefficient (Wildman–Crippen LogP) is 2.37. The Kier molecular flexibility index (Phi) is 3.66. The highest BCUT2D eigenvalue weighted by molar-refractivity contribution is 4.98. The summed E-state index contributed by atoms with van der Waals surface area (Å²) in [5.41, 5.74) is 6.44. The molecular formula is C13H22N2O. The minimum absolute atomic E-state index is 0.0274. The van der Waals surface area contributed by atoms with Gasteiger partial charge in [-0.1, -0.05) is 19.3 Å². The number of rotatable bonds is 4. The van der Waals surface area contributed by atoms with Crippen LogP contribution in [0.25, 0.3) is 0 Å². The highest BCUT2D eigenvalue weighted by Gasteiger charge is 2.28. The summed E-state index contributed by atoms with van der Waals surface area (Å²) in [7, 11) is 2.12. The number of likely N-dealkylation sites (N-methyl/N-ethyl adjacent to an activating group) is 1. The average Bonchev–Trinajstić information content (AvgIpc) is 2.70. The molecule has 2 N–H and O–H groups in total. The number of hydrogen-bond acceptors (Lipinski definition) is 3. The van der Waals surface area contributed by atoms with Crippen molar-refractivity contribution in [1.29, 1.82) is 0 Å². The predicted molar refractivity (Wildman–Crippen MR) is 65.0 cm³/mol. The Labute approximate surface area is 97.6 Å². The molecule has 16 heavy (non-hydrogen) atoms. The summed E-state index contributed by atoms with van der Waals surface area (Å²) in [5, 5.41) is 0. The molecule has 0 aliphatic heterocycles. The van der Waals surface area contributed by atoms with Crippen LogP contribution in [-0.4, -0.2) is 24.0 Å². The zero-order valence-corrected chi connectivity index (χ0v) is 10.1. The highest BCUT2D eigenvalue weighted by atomic mass is 16.3. The van der Waals surface area contributed by atoms with Crippen LogP contribution in [0, 0.1) is 0 Å². The Morgan fingerprint density at radius 3 is 2.75 bits per heavy atom. The molecule has 1 aromatic heterocycles. The van der Waals surface area contributed by atoms with Crippen LogP contribution in [0.2, 0.25) is 0 Å². The maximum absolute atomic E-state index is 6.42.